The van der Waals surface area contributed by atoms with Crippen LogP contribution in [0.25, 0.3) is 11.2 Å². The van der Waals surface area contributed by atoms with Crippen LogP contribution in [0.4, 0.5) is 0 Å². The summed E-state index contributed by atoms with van der Waals surface area (Å²) < 4.78 is 28.4. The number of H-pyrrole nitrogens is 1. The van der Waals surface area contributed by atoms with Crippen LogP contribution in [0.2, 0.25) is 0 Å². The fourth-order valence-corrected chi connectivity index (χ4v) is 4.54. The zero-order valence-corrected chi connectivity index (χ0v) is 15.6. The molecule has 2 aromatic heterocycles. The van der Waals surface area contributed by atoms with Crippen molar-refractivity contribution in [3.63, 3.8) is 0 Å². The molecule has 0 atom stereocenters. The average molecular weight is 369 g/mol. The van der Waals surface area contributed by atoms with Crippen molar-refractivity contribution in [1.82, 2.24) is 23.4 Å². The summed E-state index contributed by atoms with van der Waals surface area (Å²) in [6.07, 6.45) is 1.25. The van der Waals surface area contributed by atoms with Crippen molar-refractivity contribution in [2.24, 2.45) is 14.1 Å². The van der Waals surface area contributed by atoms with Crippen LogP contribution in [0.3, 0.4) is 0 Å². The molecule has 0 amide bonds. The maximum atomic E-state index is 12.3. The highest BCUT2D eigenvalue weighted by molar-refractivity contribution is 7.89. The van der Waals surface area contributed by atoms with Crippen molar-refractivity contribution >= 4 is 21.2 Å². The first-order valence-electron chi connectivity index (χ1n) is 8.29. The third-order valence-electron chi connectivity index (χ3n) is 4.91. The second-order valence-corrected chi connectivity index (χ2v) is 9.28. The van der Waals surface area contributed by atoms with E-state index in [-0.39, 0.29) is 5.92 Å². The predicted octanol–water partition coefficient (Wildman–Crippen LogP) is -0.122. The topological polar surface area (TPSA) is 110 Å². The van der Waals surface area contributed by atoms with E-state index in [1.807, 2.05) is 0 Å². The second kappa shape index (κ2) is 6.10. The Hall–Kier alpha value is -1.94. The Morgan fingerprint density at radius 2 is 1.72 bits per heavy atom. The first-order chi connectivity index (χ1) is 11.6. The summed E-state index contributed by atoms with van der Waals surface area (Å²) in [5.41, 5.74) is -0.192. The van der Waals surface area contributed by atoms with Gasteiger partial charge in [-0.2, -0.15) is 0 Å². The van der Waals surface area contributed by atoms with Gasteiger partial charge in [0.25, 0.3) is 5.56 Å². The van der Waals surface area contributed by atoms with Gasteiger partial charge in [0.2, 0.25) is 10.0 Å². The van der Waals surface area contributed by atoms with E-state index in [9.17, 15) is 18.0 Å². The molecule has 0 bridgehead atoms. The summed E-state index contributed by atoms with van der Waals surface area (Å²) >= 11 is 0. The fraction of sp³-hybridized carbons (Fsp3) is 0.667. The van der Waals surface area contributed by atoms with Crippen LogP contribution >= 0.6 is 0 Å². The highest BCUT2D eigenvalue weighted by Gasteiger charge is 2.32. The van der Waals surface area contributed by atoms with Gasteiger partial charge >= 0.3 is 5.69 Å². The monoisotopic (exact) mass is 369 g/mol. The van der Waals surface area contributed by atoms with E-state index in [2.05, 4.69) is 9.97 Å². The molecule has 0 unspecified atom stereocenters. The Kier molecular flexibility index (Phi) is 4.36. The predicted molar refractivity (Wildman–Crippen MR) is 94.2 cm³/mol. The van der Waals surface area contributed by atoms with Crippen molar-refractivity contribution in [2.75, 3.05) is 13.1 Å². The minimum absolute atomic E-state index is 0.0332. The van der Waals surface area contributed by atoms with Crippen molar-refractivity contribution in [2.45, 2.75) is 37.9 Å². The molecule has 2 aromatic rings. The number of nitrogens with zero attached hydrogens (tertiary/aromatic N) is 4. The van der Waals surface area contributed by atoms with Gasteiger partial charge in [0, 0.05) is 33.1 Å². The highest BCUT2D eigenvalue weighted by Crippen LogP contribution is 2.28. The van der Waals surface area contributed by atoms with Gasteiger partial charge in [0.15, 0.2) is 5.65 Å². The highest BCUT2D eigenvalue weighted by atomic mass is 32.2. The van der Waals surface area contributed by atoms with E-state index in [0.717, 1.165) is 4.57 Å². The fourth-order valence-electron chi connectivity index (χ4n) is 3.22. The molecular formula is C15H23N5O4S. The van der Waals surface area contributed by atoms with Crippen LogP contribution in [0.5, 0.6) is 0 Å². The molecule has 138 valence electrons. The molecular weight excluding hydrogens is 346 g/mol. The molecule has 9 nitrogen and oxygen atoms in total. The van der Waals surface area contributed by atoms with E-state index in [1.54, 1.807) is 20.9 Å². The average Bonchev–Trinajstić information content (AvgIpc) is 3.03. The minimum Gasteiger partial charge on any atom is -0.336 e. The standard InChI is InChI=1S/C15H23N5O4S/c1-9(2)25(23,24)20-7-5-10(6-8-20)12-16-11-13(17-12)18(3)15(22)19(4)14(11)21/h9-10H,5-8H2,1-4H3,(H,16,17). The molecule has 3 rings (SSSR count). The number of rotatable bonds is 3. The Bertz CT molecular complexity index is 1020. The molecule has 0 spiro atoms. The van der Waals surface area contributed by atoms with E-state index >= 15 is 0 Å². The van der Waals surface area contributed by atoms with Crippen LogP contribution < -0.4 is 11.2 Å². The Morgan fingerprint density at radius 3 is 2.28 bits per heavy atom. The summed E-state index contributed by atoms with van der Waals surface area (Å²) in [5.74, 6) is 0.667. The lowest BCUT2D eigenvalue weighted by Gasteiger charge is -2.31. The summed E-state index contributed by atoms with van der Waals surface area (Å²) in [4.78, 5) is 31.7. The number of sulfonamides is 1. The normalized spacial score (nSPS) is 17.6. The lowest BCUT2D eigenvalue weighted by Crippen LogP contribution is -2.41. The van der Waals surface area contributed by atoms with Gasteiger partial charge in [0.1, 0.15) is 11.3 Å². The van der Waals surface area contributed by atoms with E-state index < -0.39 is 26.5 Å². The lowest BCUT2D eigenvalue weighted by atomic mass is 9.97. The first kappa shape index (κ1) is 17.9. The molecule has 10 heteroatoms. The first-order valence-corrected chi connectivity index (χ1v) is 9.79. The van der Waals surface area contributed by atoms with Gasteiger partial charge in [0.05, 0.1) is 5.25 Å². The van der Waals surface area contributed by atoms with Crippen molar-refractivity contribution in [3.05, 3.63) is 26.7 Å². The Labute approximate surface area is 145 Å². The molecule has 25 heavy (non-hydrogen) atoms. The minimum atomic E-state index is -3.25. The smallest absolute Gasteiger partial charge is 0.332 e. The molecule has 1 saturated heterocycles. The number of aryl methyl sites for hydroxylation is 1. The number of fused-ring (bicyclic) bond motifs is 1. The number of aromatic amines is 1. The second-order valence-electron chi connectivity index (χ2n) is 6.79. The summed E-state index contributed by atoms with van der Waals surface area (Å²) in [7, 11) is -0.245. The number of aromatic nitrogens is 4. The van der Waals surface area contributed by atoms with Gasteiger partial charge in [-0.05, 0) is 26.7 Å². The van der Waals surface area contributed by atoms with Crippen molar-refractivity contribution < 1.29 is 8.42 Å². The van der Waals surface area contributed by atoms with Gasteiger partial charge in [-0.15, -0.1) is 0 Å². The number of hydrogen-bond donors (Lipinski definition) is 1. The summed E-state index contributed by atoms with van der Waals surface area (Å²) in [6, 6.07) is 0. The molecule has 3 heterocycles. The van der Waals surface area contributed by atoms with Crippen LogP contribution in [0.15, 0.2) is 9.59 Å². The molecule has 0 aromatic carbocycles. The van der Waals surface area contributed by atoms with Gasteiger partial charge < -0.3 is 4.98 Å². The molecule has 1 fully saturated rings. The number of hydrogen-bond acceptors (Lipinski definition) is 5. The van der Waals surface area contributed by atoms with Gasteiger partial charge in [-0.3, -0.25) is 13.9 Å². The molecule has 0 radical (unpaired) electrons. The summed E-state index contributed by atoms with van der Waals surface area (Å²) in [5, 5.41) is -0.437. The molecule has 0 saturated carbocycles. The van der Waals surface area contributed by atoms with E-state index in [4.69, 9.17) is 0 Å². The van der Waals surface area contributed by atoms with Crippen LogP contribution in [0, 0.1) is 0 Å². The Morgan fingerprint density at radius 1 is 1.12 bits per heavy atom. The number of imidazole rings is 1. The SMILES string of the molecule is CC(C)S(=O)(=O)N1CCC(c2nc3c([nH]2)c(=O)n(C)c(=O)n3C)CC1. The molecule has 1 aliphatic rings. The maximum absolute atomic E-state index is 12.3. The lowest BCUT2D eigenvalue weighted by molar-refractivity contribution is 0.312. The van der Waals surface area contributed by atoms with Gasteiger partial charge in [-0.1, -0.05) is 0 Å². The van der Waals surface area contributed by atoms with Crippen LogP contribution in [0.1, 0.15) is 38.4 Å². The van der Waals surface area contributed by atoms with Gasteiger partial charge in [-0.25, -0.2) is 22.5 Å². The summed E-state index contributed by atoms with van der Waals surface area (Å²) in [6.45, 7) is 4.21. The zero-order chi connectivity index (χ0) is 18.5. The van der Waals surface area contributed by atoms with Crippen molar-refractivity contribution in [1.29, 1.82) is 0 Å². The van der Waals surface area contributed by atoms with Crippen LogP contribution in [-0.2, 0) is 24.1 Å². The van der Waals surface area contributed by atoms with E-state index in [1.165, 1.54) is 15.9 Å². The quantitative estimate of drug-likeness (QED) is 0.811. The number of nitrogens with one attached hydrogen (secondary N) is 1. The molecule has 1 aliphatic heterocycles. The Balaban J connectivity index is 1.90. The van der Waals surface area contributed by atoms with E-state index in [0.29, 0.717) is 42.9 Å². The molecule has 0 aliphatic carbocycles. The largest absolute Gasteiger partial charge is 0.336 e. The number of piperidine rings is 1. The molecule has 1 N–H and O–H groups in total. The third-order valence-corrected chi connectivity index (χ3v) is 7.19. The third kappa shape index (κ3) is 2.82. The van der Waals surface area contributed by atoms with Crippen molar-refractivity contribution in [3.8, 4) is 0 Å². The van der Waals surface area contributed by atoms with Crippen LogP contribution in [-0.4, -0.2) is 50.2 Å². The zero-order valence-electron chi connectivity index (χ0n) is 14.8. The maximum Gasteiger partial charge on any atom is 0.332 e.